The van der Waals surface area contributed by atoms with Crippen LogP contribution in [-0.4, -0.2) is 21.3 Å². The molecule has 0 fully saturated rings. The van der Waals surface area contributed by atoms with Crippen molar-refractivity contribution in [2.24, 2.45) is 0 Å². The first kappa shape index (κ1) is 18.5. The third kappa shape index (κ3) is 2.95. The molecule has 1 aliphatic heterocycles. The molecular formula is C21H20F3N3O. The number of fused-ring (bicyclic) bond motifs is 2. The Kier molecular flexibility index (Phi) is 4.40. The molecule has 3 heterocycles. The highest BCUT2D eigenvalue weighted by molar-refractivity contribution is 6.08. The average molecular weight is 387 g/mol. The Morgan fingerprint density at radius 3 is 2.68 bits per heavy atom. The number of para-hydroxylation sites is 1. The first-order valence-electron chi connectivity index (χ1n) is 9.31. The SMILES string of the molecule is CCCc1nc2ccc(C(F)(F)F)cn2c1C(=O)N1c2ccccc2CC1C. The Hall–Kier alpha value is -2.83. The van der Waals surface area contributed by atoms with Gasteiger partial charge < -0.3 is 4.90 Å². The number of nitrogens with zero attached hydrogens (tertiary/aromatic N) is 3. The van der Waals surface area contributed by atoms with Crippen LogP contribution in [0.5, 0.6) is 0 Å². The minimum atomic E-state index is -4.49. The third-order valence-corrected chi connectivity index (χ3v) is 5.13. The molecule has 1 atom stereocenters. The van der Waals surface area contributed by atoms with Crippen molar-refractivity contribution in [3.8, 4) is 0 Å². The molecule has 0 radical (unpaired) electrons. The zero-order chi connectivity index (χ0) is 20.1. The molecule has 146 valence electrons. The maximum absolute atomic E-state index is 13.5. The highest BCUT2D eigenvalue weighted by atomic mass is 19.4. The Morgan fingerprint density at radius 2 is 1.96 bits per heavy atom. The van der Waals surface area contributed by atoms with E-state index in [4.69, 9.17) is 0 Å². The summed E-state index contributed by atoms with van der Waals surface area (Å²) in [5.41, 5.74) is 2.16. The van der Waals surface area contributed by atoms with Crippen LogP contribution in [0.15, 0.2) is 42.6 Å². The fourth-order valence-corrected chi connectivity index (χ4v) is 3.89. The van der Waals surface area contributed by atoms with Crippen molar-refractivity contribution < 1.29 is 18.0 Å². The predicted octanol–water partition coefficient (Wildman–Crippen LogP) is 4.90. The summed E-state index contributed by atoms with van der Waals surface area (Å²) in [7, 11) is 0. The van der Waals surface area contributed by atoms with E-state index in [0.29, 0.717) is 17.8 Å². The van der Waals surface area contributed by atoms with Gasteiger partial charge in [-0.25, -0.2) is 4.98 Å². The fraction of sp³-hybridized carbons (Fsp3) is 0.333. The van der Waals surface area contributed by atoms with Crippen molar-refractivity contribution in [2.45, 2.75) is 45.3 Å². The molecule has 0 saturated heterocycles. The summed E-state index contributed by atoms with van der Waals surface area (Å²) in [5.74, 6) is -0.312. The molecule has 3 aromatic rings. The molecule has 1 aliphatic rings. The van der Waals surface area contributed by atoms with Gasteiger partial charge in [-0.3, -0.25) is 9.20 Å². The highest BCUT2D eigenvalue weighted by Crippen LogP contribution is 2.35. The number of imidazole rings is 1. The van der Waals surface area contributed by atoms with Gasteiger partial charge in [0, 0.05) is 17.9 Å². The first-order valence-corrected chi connectivity index (χ1v) is 9.31. The minimum Gasteiger partial charge on any atom is -0.304 e. The fourth-order valence-electron chi connectivity index (χ4n) is 3.89. The lowest BCUT2D eigenvalue weighted by molar-refractivity contribution is -0.137. The third-order valence-electron chi connectivity index (χ3n) is 5.13. The topological polar surface area (TPSA) is 37.6 Å². The van der Waals surface area contributed by atoms with E-state index < -0.39 is 11.7 Å². The van der Waals surface area contributed by atoms with Crippen LogP contribution in [-0.2, 0) is 19.0 Å². The van der Waals surface area contributed by atoms with Gasteiger partial charge in [0.05, 0.1) is 11.3 Å². The van der Waals surface area contributed by atoms with Crippen LogP contribution < -0.4 is 4.90 Å². The zero-order valence-electron chi connectivity index (χ0n) is 15.6. The number of benzene rings is 1. The summed E-state index contributed by atoms with van der Waals surface area (Å²) >= 11 is 0. The summed E-state index contributed by atoms with van der Waals surface area (Å²) in [6, 6.07) is 9.88. The van der Waals surface area contributed by atoms with Gasteiger partial charge in [0.25, 0.3) is 5.91 Å². The van der Waals surface area contributed by atoms with E-state index in [1.807, 2.05) is 38.1 Å². The van der Waals surface area contributed by atoms with Gasteiger partial charge in [-0.05, 0) is 43.5 Å². The second-order valence-electron chi connectivity index (χ2n) is 7.16. The molecule has 0 aliphatic carbocycles. The van der Waals surface area contributed by atoms with Crippen LogP contribution >= 0.6 is 0 Å². The van der Waals surface area contributed by atoms with Crippen LogP contribution in [0.2, 0.25) is 0 Å². The summed E-state index contributed by atoms with van der Waals surface area (Å²) < 4.78 is 41.0. The molecule has 0 saturated carbocycles. The van der Waals surface area contributed by atoms with Crippen LogP contribution in [0.1, 0.15) is 47.6 Å². The van der Waals surface area contributed by atoms with Gasteiger partial charge >= 0.3 is 6.18 Å². The Bertz CT molecular complexity index is 1050. The lowest BCUT2D eigenvalue weighted by Crippen LogP contribution is -2.37. The van der Waals surface area contributed by atoms with Gasteiger partial charge in [-0.15, -0.1) is 0 Å². The second-order valence-corrected chi connectivity index (χ2v) is 7.16. The molecule has 2 aromatic heterocycles. The number of carbonyl (C=O) groups excluding carboxylic acids is 1. The van der Waals surface area contributed by atoms with Crippen molar-refractivity contribution in [3.63, 3.8) is 0 Å². The maximum Gasteiger partial charge on any atom is 0.417 e. The molecule has 0 N–H and O–H groups in total. The van der Waals surface area contributed by atoms with Gasteiger partial charge in [0.1, 0.15) is 11.3 Å². The standard InChI is InChI=1S/C21H20F3N3O/c1-3-6-16-19(26-12-15(21(22,23)24)9-10-18(26)25-16)20(28)27-13(2)11-14-7-4-5-8-17(14)27/h4-5,7-10,12-13H,3,6,11H2,1-2H3. The summed E-state index contributed by atoms with van der Waals surface area (Å²) in [6.07, 6.45) is -1.54. The van der Waals surface area contributed by atoms with Crippen molar-refractivity contribution in [1.82, 2.24) is 9.38 Å². The first-order chi connectivity index (χ1) is 13.3. The number of aromatic nitrogens is 2. The Labute approximate surface area is 160 Å². The molecule has 1 aromatic carbocycles. The van der Waals surface area contributed by atoms with Gasteiger partial charge in [0.15, 0.2) is 0 Å². The quantitative estimate of drug-likeness (QED) is 0.641. The summed E-state index contributed by atoms with van der Waals surface area (Å²) in [4.78, 5) is 19.7. The average Bonchev–Trinajstić information content (AvgIpc) is 3.16. The van der Waals surface area contributed by atoms with Gasteiger partial charge in [-0.1, -0.05) is 31.5 Å². The molecular weight excluding hydrogens is 367 g/mol. The number of hydrogen-bond acceptors (Lipinski definition) is 2. The van der Waals surface area contributed by atoms with E-state index >= 15 is 0 Å². The number of amides is 1. The lowest BCUT2D eigenvalue weighted by Gasteiger charge is -2.23. The minimum absolute atomic E-state index is 0.0734. The highest BCUT2D eigenvalue weighted by Gasteiger charge is 2.35. The van der Waals surface area contributed by atoms with Crippen molar-refractivity contribution >= 4 is 17.2 Å². The van der Waals surface area contributed by atoms with Crippen molar-refractivity contribution in [3.05, 3.63) is 65.1 Å². The largest absolute Gasteiger partial charge is 0.417 e. The summed E-state index contributed by atoms with van der Waals surface area (Å²) in [6.45, 7) is 3.90. The molecule has 1 amide bonds. The smallest absolute Gasteiger partial charge is 0.304 e. The zero-order valence-corrected chi connectivity index (χ0v) is 15.6. The van der Waals surface area contributed by atoms with Gasteiger partial charge in [-0.2, -0.15) is 13.2 Å². The lowest BCUT2D eigenvalue weighted by atomic mass is 10.1. The van der Waals surface area contributed by atoms with E-state index in [9.17, 15) is 18.0 Å². The normalized spacial score (nSPS) is 16.6. The van der Waals surface area contributed by atoms with Crippen LogP contribution in [0.25, 0.3) is 5.65 Å². The molecule has 28 heavy (non-hydrogen) atoms. The molecule has 1 unspecified atom stereocenters. The molecule has 4 nitrogen and oxygen atoms in total. The number of carbonyl (C=O) groups is 1. The number of pyridine rings is 1. The summed E-state index contributed by atoms with van der Waals surface area (Å²) in [5, 5.41) is 0. The van der Waals surface area contributed by atoms with Gasteiger partial charge in [0.2, 0.25) is 0 Å². The van der Waals surface area contributed by atoms with E-state index in [1.165, 1.54) is 10.5 Å². The number of alkyl halides is 3. The van der Waals surface area contributed by atoms with Crippen LogP contribution in [0.4, 0.5) is 18.9 Å². The van der Waals surface area contributed by atoms with E-state index in [-0.39, 0.29) is 17.6 Å². The van der Waals surface area contributed by atoms with E-state index in [2.05, 4.69) is 4.98 Å². The number of anilines is 1. The Balaban J connectivity index is 1.89. The number of halogens is 3. The maximum atomic E-state index is 13.5. The van der Waals surface area contributed by atoms with Crippen LogP contribution in [0.3, 0.4) is 0 Å². The molecule has 0 spiro atoms. The number of aryl methyl sites for hydroxylation is 1. The molecule has 7 heteroatoms. The van der Waals surface area contributed by atoms with Crippen LogP contribution in [0, 0.1) is 0 Å². The molecule has 0 bridgehead atoms. The number of hydrogen-bond donors (Lipinski definition) is 0. The predicted molar refractivity (Wildman–Crippen MR) is 101 cm³/mol. The molecule has 4 rings (SSSR count). The number of rotatable bonds is 3. The Morgan fingerprint density at radius 1 is 1.21 bits per heavy atom. The monoisotopic (exact) mass is 387 g/mol. The van der Waals surface area contributed by atoms with Crippen molar-refractivity contribution in [2.75, 3.05) is 4.90 Å². The van der Waals surface area contributed by atoms with E-state index in [0.717, 1.165) is 36.4 Å². The second kappa shape index (κ2) is 6.65. The van der Waals surface area contributed by atoms with E-state index in [1.54, 1.807) is 4.90 Å². The van der Waals surface area contributed by atoms with Crippen molar-refractivity contribution in [1.29, 1.82) is 0 Å².